The molecular formula is C21H29N7O. The number of aromatic nitrogens is 3. The molecule has 8 nitrogen and oxygen atoms in total. The summed E-state index contributed by atoms with van der Waals surface area (Å²) in [5.41, 5.74) is 2.41. The van der Waals surface area contributed by atoms with Gasteiger partial charge in [0.25, 0.3) is 0 Å². The molecule has 2 aliphatic heterocycles. The van der Waals surface area contributed by atoms with Gasteiger partial charge in [-0.25, -0.2) is 9.97 Å². The second-order valence-corrected chi connectivity index (χ2v) is 7.68. The summed E-state index contributed by atoms with van der Waals surface area (Å²) in [6.07, 6.45) is 9.38. The molecule has 2 N–H and O–H groups in total. The Morgan fingerprint density at radius 3 is 2.76 bits per heavy atom. The second-order valence-electron chi connectivity index (χ2n) is 7.68. The molecule has 8 heteroatoms. The molecule has 0 aromatic carbocycles. The Morgan fingerprint density at radius 2 is 2.00 bits per heavy atom. The van der Waals surface area contributed by atoms with Crippen molar-refractivity contribution in [2.24, 2.45) is 0 Å². The molecule has 0 aliphatic carbocycles. The van der Waals surface area contributed by atoms with Gasteiger partial charge in [0.2, 0.25) is 0 Å². The minimum absolute atomic E-state index is 0.297. The van der Waals surface area contributed by atoms with Crippen LogP contribution in [0.1, 0.15) is 25.0 Å². The summed E-state index contributed by atoms with van der Waals surface area (Å²) in [5, 5.41) is 6.77. The van der Waals surface area contributed by atoms with Gasteiger partial charge in [0.15, 0.2) is 0 Å². The van der Waals surface area contributed by atoms with Gasteiger partial charge in [-0.1, -0.05) is 0 Å². The van der Waals surface area contributed by atoms with E-state index < -0.39 is 0 Å². The van der Waals surface area contributed by atoms with Crippen LogP contribution in [-0.4, -0.2) is 70.2 Å². The molecule has 0 bridgehead atoms. The van der Waals surface area contributed by atoms with Crippen LogP contribution in [0.3, 0.4) is 0 Å². The molecule has 2 aromatic rings. The molecule has 1 saturated heterocycles. The summed E-state index contributed by atoms with van der Waals surface area (Å²) in [6, 6.07) is 2.37. The molecule has 4 heterocycles. The van der Waals surface area contributed by atoms with Crippen molar-refractivity contribution in [3.63, 3.8) is 0 Å². The van der Waals surface area contributed by atoms with E-state index in [1.807, 2.05) is 0 Å². The van der Waals surface area contributed by atoms with Gasteiger partial charge in [-0.15, -0.1) is 0 Å². The van der Waals surface area contributed by atoms with E-state index in [9.17, 15) is 0 Å². The van der Waals surface area contributed by atoms with E-state index in [0.29, 0.717) is 11.9 Å². The molecule has 0 atom stereocenters. The van der Waals surface area contributed by atoms with Crippen molar-refractivity contribution in [3.05, 3.63) is 42.0 Å². The molecule has 2 aromatic heterocycles. The van der Waals surface area contributed by atoms with Crippen LogP contribution in [0.5, 0.6) is 0 Å². The van der Waals surface area contributed by atoms with E-state index in [4.69, 9.17) is 9.72 Å². The number of morpholine rings is 1. The third-order valence-corrected chi connectivity index (χ3v) is 5.04. The molecule has 154 valence electrons. The molecular weight excluding hydrogens is 366 g/mol. The van der Waals surface area contributed by atoms with E-state index in [-0.39, 0.29) is 0 Å². The average Bonchev–Trinajstić information content (AvgIpc) is 2.73. The first-order valence-electron chi connectivity index (χ1n) is 10.2. The number of nitrogens with one attached hydrogen (secondary N) is 2. The predicted octanol–water partition coefficient (Wildman–Crippen LogP) is 2.55. The van der Waals surface area contributed by atoms with Gasteiger partial charge in [-0.2, -0.15) is 0 Å². The van der Waals surface area contributed by atoms with Gasteiger partial charge in [-0.05, 0) is 31.6 Å². The highest BCUT2D eigenvalue weighted by Gasteiger charge is 2.19. The van der Waals surface area contributed by atoms with Crippen molar-refractivity contribution in [1.29, 1.82) is 0 Å². The fourth-order valence-corrected chi connectivity index (χ4v) is 3.55. The number of ether oxygens (including phenoxy) is 1. The Balaban J connectivity index is 1.50. The predicted molar refractivity (Wildman–Crippen MR) is 115 cm³/mol. The van der Waals surface area contributed by atoms with E-state index in [2.05, 4.69) is 62.6 Å². The van der Waals surface area contributed by atoms with Crippen molar-refractivity contribution in [2.45, 2.75) is 26.4 Å². The zero-order chi connectivity index (χ0) is 20.1. The number of nitrogens with zero attached hydrogens (tertiary/aromatic N) is 5. The lowest BCUT2D eigenvalue weighted by Crippen LogP contribution is -2.40. The van der Waals surface area contributed by atoms with Crippen LogP contribution in [0.15, 0.2) is 30.9 Å². The van der Waals surface area contributed by atoms with Crippen molar-refractivity contribution >= 4 is 23.5 Å². The highest BCUT2D eigenvalue weighted by molar-refractivity contribution is 5.69. The van der Waals surface area contributed by atoms with Crippen molar-refractivity contribution < 1.29 is 4.74 Å². The van der Waals surface area contributed by atoms with Crippen LogP contribution in [0.2, 0.25) is 0 Å². The lowest BCUT2D eigenvalue weighted by Gasteiger charge is -2.32. The Morgan fingerprint density at radius 1 is 1.14 bits per heavy atom. The molecule has 29 heavy (non-hydrogen) atoms. The lowest BCUT2D eigenvalue weighted by molar-refractivity contribution is 0.0350. The SMILES string of the molecule is CC(C)Nc1nc(Nc2cnccn2)cc2c1CN(CCN1CCOCC1)C=C2. The Labute approximate surface area is 172 Å². The van der Waals surface area contributed by atoms with Gasteiger partial charge in [0.05, 0.1) is 19.4 Å². The highest BCUT2D eigenvalue weighted by Crippen LogP contribution is 2.29. The van der Waals surface area contributed by atoms with Crippen LogP contribution in [0.4, 0.5) is 17.5 Å². The Hall–Kier alpha value is -2.71. The van der Waals surface area contributed by atoms with Crippen LogP contribution in [-0.2, 0) is 11.3 Å². The number of rotatable bonds is 7. The summed E-state index contributed by atoms with van der Waals surface area (Å²) in [6.45, 7) is 10.9. The second kappa shape index (κ2) is 9.19. The van der Waals surface area contributed by atoms with Crippen molar-refractivity contribution in [2.75, 3.05) is 50.0 Å². The van der Waals surface area contributed by atoms with E-state index in [0.717, 1.165) is 57.6 Å². The Kier molecular flexibility index (Phi) is 6.21. The fourth-order valence-electron chi connectivity index (χ4n) is 3.55. The number of anilines is 3. The van der Waals surface area contributed by atoms with Crippen molar-refractivity contribution in [1.82, 2.24) is 24.8 Å². The van der Waals surface area contributed by atoms with Crippen LogP contribution < -0.4 is 10.6 Å². The van der Waals surface area contributed by atoms with Gasteiger partial charge in [0, 0.05) is 62.9 Å². The number of hydrogen-bond donors (Lipinski definition) is 2. The summed E-state index contributed by atoms with van der Waals surface area (Å²) in [5.74, 6) is 2.37. The van der Waals surface area contributed by atoms with Gasteiger partial charge in [0.1, 0.15) is 17.5 Å². The summed E-state index contributed by atoms with van der Waals surface area (Å²) in [4.78, 5) is 18.0. The number of pyridine rings is 1. The molecule has 0 unspecified atom stereocenters. The molecule has 2 aliphatic rings. The first-order valence-corrected chi connectivity index (χ1v) is 10.2. The maximum atomic E-state index is 5.44. The van der Waals surface area contributed by atoms with Crippen LogP contribution in [0, 0.1) is 0 Å². The number of fused-ring (bicyclic) bond motifs is 1. The molecule has 1 fully saturated rings. The van der Waals surface area contributed by atoms with Crippen LogP contribution >= 0.6 is 0 Å². The van der Waals surface area contributed by atoms with Gasteiger partial charge >= 0.3 is 0 Å². The lowest BCUT2D eigenvalue weighted by atomic mass is 10.0. The zero-order valence-corrected chi connectivity index (χ0v) is 17.1. The maximum Gasteiger partial charge on any atom is 0.150 e. The molecule has 0 saturated carbocycles. The fraction of sp³-hybridized carbons (Fsp3) is 0.476. The molecule has 0 spiro atoms. The molecule has 4 rings (SSSR count). The normalized spacial score (nSPS) is 16.7. The highest BCUT2D eigenvalue weighted by atomic mass is 16.5. The average molecular weight is 396 g/mol. The van der Waals surface area contributed by atoms with Gasteiger partial charge in [-0.3, -0.25) is 9.88 Å². The summed E-state index contributed by atoms with van der Waals surface area (Å²) in [7, 11) is 0. The summed E-state index contributed by atoms with van der Waals surface area (Å²) >= 11 is 0. The monoisotopic (exact) mass is 395 g/mol. The summed E-state index contributed by atoms with van der Waals surface area (Å²) < 4.78 is 5.44. The number of hydrogen-bond acceptors (Lipinski definition) is 8. The standard InChI is InChI=1S/C21H29N7O/c1-16(2)24-21-18-15-28(8-7-27-9-11-29-12-10-27)6-3-17(18)13-19(26-21)25-20-14-22-4-5-23-20/h3-6,13-14,16H,7-12,15H2,1-2H3,(H2,23,24,25,26). The van der Waals surface area contributed by atoms with E-state index >= 15 is 0 Å². The molecule has 0 radical (unpaired) electrons. The van der Waals surface area contributed by atoms with Crippen LogP contribution in [0.25, 0.3) is 6.08 Å². The zero-order valence-electron chi connectivity index (χ0n) is 17.1. The minimum atomic E-state index is 0.297. The van der Waals surface area contributed by atoms with Gasteiger partial charge < -0.3 is 20.3 Å². The third kappa shape index (κ3) is 5.21. The first-order chi connectivity index (χ1) is 14.2. The first kappa shape index (κ1) is 19.6. The van der Waals surface area contributed by atoms with Crippen molar-refractivity contribution in [3.8, 4) is 0 Å². The third-order valence-electron chi connectivity index (χ3n) is 5.04. The maximum absolute atomic E-state index is 5.44. The quantitative estimate of drug-likeness (QED) is 0.741. The smallest absolute Gasteiger partial charge is 0.150 e. The van der Waals surface area contributed by atoms with E-state index in [1.165, 1.54) is 11.1 Å². The Bertz CT molecular complexity index is 834. The topological polar surface area (TPSA) is 78.4 Å². The minimum Gasteiger partial charge on any atom is -0.379 e. The molecule has 0 amide bonds. The largest absolute Gasteiger partial charge is 0.379 e. The van der Waals surface area contributed by atoms with E-state index in [1.54, 1.807) is 18.6 Å².